The molecule has 1 saturated carbocycles. The molecule has 1 aliphatic heterocycles. The molecule has 17 heavy (non-hydrogen) atoms. The first-order valence-corrected chi connectivity index (χ1v) is 6.15. The monoisotopic (exact) mass is 232 g/mol. The molecular weight excluding hydrogens is 216 g/mol. The highest BCUT2D eigenvalue weighted by Crippen LogP contribution is 2.39. The van der Waals surface area contributed by atoms with Crippen LogP contribution in [0.4, 0.5) is 5.69 Å². The van der Waals surface area contributed by atoms with E-state index in [1.165, 1.54) is 18.5 Å². The predicted molar refractivity (Wildman–Crippen MR) is 64.2 cm³/mol. The van der Waals surface area contributed by atoms with E-state index >= 15 is 0 Å². The van der Waals surface area contributed by atoms with E-state index in [1.54, 1.807) is 0 Å². The molecule has 1 aliphatic carbocycles. The van der Waals surface area contributed by atoms with Gasteiger partial charge in [-0.2, -0.15) is 0 Å². The number of aromatic nitrogens is 1. The molecule has 4 nitrogen and oxygen atoms in total. The number of carbonyl (C=O) groups is 1. The minimum atomic E-state index is -0.697. The second-order valence-electron chi connectivity index (χ2n) is 5.08. The van der Waals surface area contributed by atoms with E-state index in [0.29, 0.717) is 11.8 Å². The average Bonchev–Trinajstić information content (AvgIpc) is 3.07. The van der Waals surface area contributed by atoms with E-state index in [-0.39, 0.29) is 6.42 Å². The van der Waals surface area contributed by atoms with Gasteiger partial charge in [-0.1, -0.05) is 0 Å². The lowest BCUT2D eigenvalue weighted by atomic mass is 9.96. The molecule has 1 saturated heterocycles. The van der Waals surface area contributed by atoms with Crippen molar-refractivity contribution in [3.8, 4) is 0 Å². The number of rotatable bonds is 4. The Balaban J connectivity index is 1.57. The highest BCUT2D eigenvalue weighted by atomic mass is 16.4. The molecule has 4 heteroatoms. The summed E-state index contributed by atoms with van der Waals surface area (Å²) in [6.07, 6.45) is 4.75. The van der Waals surface area contributed by atoms with Gasteiger partial charge in [-0.05, 0) is 25.0 Å². The van der Waals surface area contributed by atoms with Gasteiger partial charge in [0, 0.05) is 30.6 Å². The Labute approximate surface area is 100 Å². The summed E-state index contributed by atoms with van der Waals surface area (Å²) in [6, 6.07) is 4.22. The summed E-state index contributed by atoms with van der Waals surface area (Å²) in [5.41, 5.74) is 2.33. The van der Waals surface area contributed by atoms with Crippen molar-refractivity contribution in [3.63, 3.8) is 0 Å². The van der Waals surface area contributed by atoms with Crippen LogP contribution in [0.1, 0.15) is 30.9 Å². The first-order valence-electron chi connectivity index (χ1n) is 6.15. The first kappa shape index (κ1) is 10.6. The maximum absolute atomic E-state index is 10.5. The van der Waals surface area contributed by atoms with Gasteiger partial charge in [0.05, 0.1) is 18.3 Å². The third-order valence-electron chi connectivity index (χ3n) is 3.55. The average molecular weight is 232 g/mol. The van der Waals surface area contributed by atoms with Crippen LogP contribution in [0.15, 0.2) is 18.3 Å². The van der Waals surface area contributed by atoms with E-state index in [2.05, 4.69) is 22.0 Å². The van der Waals surface area contributed by atoms with Gasteiger partial charge >= 0.3 is 5.97 Å². The molecule has 0 atom stereocenters. The SMILES string of the molecule is O=C(O)CC1CN(c2ccc(C3CC3)nc2)C1. The number of hydrogen-bond acceptors (Lipinski definition) is 3. The van der Waals surface area contributed by atoms with Crippen molar-refractivity contribution in [1.29, 1.82) is 0 Å². The van der Waals surface area contributed by atoms with Crippen molar-refractivity contribution >= 4 is 11.7 Å². The van der Waals surface area contributed by atoms with Crippen LogP contribution in [0, 0.1) is 5.92 Å². The highest BCUT2D eigenvalue weighted by Gasteiger charge is 2.29. The van der Waals surface area contributed by atoms with E-state index in [1.807, 2.05) is 6.20 Å². The summed E-state index contributed by atoms with van der Waals surface area (Å²) < 4.78 is 0. The molecule has 0 amide bonds. The van der Waals surface area contributed by atoms with Crippen LogP contribution >= 0.6 is 0 Å². The lowest BCUT2D eigenvalue weighted by Gasteiger charge is -2.40. The minimum absolute atomic E-state index is 0.282. The number of hydrogen-bond donors (Lipinski definition) is 1. The molecule has 0 bridgehead atoms. The van der Waals surface area contributed by atoms with E-state index < -0.39 is 5.97 Å². The molecule has 2 aliphatic rings. The van der Waals surface area contributed by atoms with Crippen molar-refractivity contribution in [3.05, 3.63) is 24.0 Å². The van der Waals surface area contributed by atoms with Crippen LogP contribution < -0.4 is 4.90 Å². The summed E-state index contributed by atoms with van der Waals surface area (Å²) in [6.45, 7) is 1.69. The van der Waals surface area contributed by atoms with Crippen molar-refractivity contribution in [2.24, 2.45) is 5.92 Å². The molecule has 1 aromatic rings. The molecule has 0 aromatic carbocycles. The molecular formula is C13H16N2O2. The first-order chi connectivity index (χ1) is 8.22. The predicted octanol–water partition coefficient (Wildman–Crippen LogP) is 1.87. The van der Waals surface area contributed by atoms with Crippen LogP contribution in [0.5, 0.6) is 0 Å². The van der Waals surface area contributed by atoms with Gasteiger partial charge < -0.3 is 10.0 Å². The van der Waals surface area contributed by atoms with Crippen LogP contribution in [0.3, 0.4) is 0 Å². The third kappa shape index (κ3) is 2.25. The molecule has 0 spiro atoms. The number of nitrogens with zero attached hydrogens (tertiary/aromatic N) is 2. The fourth-order valence-electron chi connectivity index (χ4n) is 2.36. The van der Waals surface area contributed by atoms with E-state index in [0.717, 1.165) is 18.8 Å². The molecule has 2 fully saturated rings. The molecule has 2 heterocycles. The van der Waals surface area contributed by atoms with Gasteiger partial charge in [-0.25, -0.2) is 0 Å². The number of aliphatic carboxylic acids is 1. The van der Waals surface area contributed by atoms with Gasteiger partial charge in [-0.15, -0.1) is 0 Å². The molecule has 0 radical (unpaired) electrons. The zero-order chi connectivity index (χ0) is 11.8. The number of carboxylic acids is 1. The van der Waals surface area contributed by atoms with Crippen molar-refractivity contribution in [2.45, 2.75) is 25.2 Å². The van der Waals surface area contributed by atoms with Gasteiger partial charge in [-0.3, -0.25) is 9.78 Å². The number of pyridine rings is 1. The highest BCUT2D eigenvalue weighted by molar-refractivity contribution is 5.67. The smallest absolute Gasteiger partial charge is 0.303 e. The summed E-state index contributed by atoms with van der Waals surface area (Å²) in [4.78, 5) is 17.2. The van der Waals surface area contributed by atoms with Crippen LogP contribution in [0.25, 0.3) is 0 Å². The summed E-state index contributed by atoms with van der Waals surface area (Å²) in [5, 5.41) is 8.68. The fourth-order valence-corrected chi connectivity index (χ4v) is 2.36. The van der Waals surface area contributed by atoms with Crippen molar-refractivity contribution in [2.75, 3.05) is 18.0 Å². The topological polar surface area (TPSA) is 53.4 Å². The summed E-state index contributed by atoms with van der Waals surface area (Å²) in [5.74, 6) is 0.299. The largest absolute Gasteiger partial charge is 0.481 e. The van der Waals surface area contributed by atoms with E-state index in [4.69, 9.17) is 5.11 Å². The van der Waals surface area contributed by atoms with Gasteiger partial charge in [0.2, 0.25) is 0 Å². The standard InChI is InChI=1S/C13H16N2O2/c16-13(17)5-9-7-15(8-9)11-3-4-12(14-6-11)10-1-2-10/h3-4,6,9-10H,1-2,5,7-8H2,(H,16,17). The van der Waals surface area contributed by atoms with Gasteiger partial charge in [0.15, 0.2) is 0 Å². The van der Waals surface area contributed by atoms with Crippen LogP contribution in [-0.4, -0.2) is 29.1 Å². The lowest BCUT2D eigenvalue weighted by Crippen LogP contribution is -2.47. The second-order valence-corrected chi connectivity index (χ2v) is 5.08. The Hall–Kier alpha value is -1.58. The Bertz CT molecular complexity index is 420. The number of carboxylic acid groups (broad SMARTS) is 1. The summed E-state index contributed by atoms with van der Waals surface area (Å²) >= 11 is 0. The van der Waals surface area contributed by atoms with Crippen LogP contribution in [0.2, 0.25) is 0 Å². The minimum Gasteiger partial charge on any atom is -0.481 e. The molecule has 0 unspecified atom stereocenters. The zero-order valence-corrected chi connectivity index (χ0v) is 9.67. The Morgan fingerprint density at radius 3 is 2.71 bits per heavy atom. The molecule has 1 N–H and O–H groups in total. The van der Waals surface area contributed by atoms with Crippen molar-refractivity contribution < 1.29 is 9.90 Å². The van der Waals surface area contributed by atoms with Crippen molar-refractivity contribution in [1.82, 2.24) is 4.98 Å². The normalized spacial score (nSPS) is 20.1. The Morgan fingerprint density at radius 2 is 2.18 bits per heavy atom. The second kappa shape index (κ2) is 4.02. The van der Waals surface area contributed by atoms with E-state index in [9.17, 15) is 4.79 Å². The maximum Gasteiger partial charge on any atom is 0.303 e. The third-order valence-corrected chi connectivity index (χ3v) is 3.55. The Morgan fingerprint density at radius 1 is 1.41 bits per heavy atom. The van der Waals surface area contributed by atoms with Gasteiger partial charge in [0.1, 0.15) is 0 Å². The fraction of sp³-hybridized carbons (Fsp3) is 0.538. The zero-order valence-electron chi connectivity index (χ0n) is 9.67. The summed E-state index contributed by atoms with van der Waals surface area (Å²) in [7, 11) is 0. The van der Waals surface area contributed by atoms with Gasteiger partial charge in [0.25, 0.3) is 0 Å². The van der Waals surface area contributed by atoms with Crippen LogP contribution in [-0.2, 0) is 4.79 Å². The molecule has 90 valence electrons. The quantitative estimate of drug-likeness (QED) is 0.861. The number of anilines is 1. The molecule has 1 aromatic heterocycles. The lowest BCUT2D eigenvalue weighted by molar-refractivity contribution is -0.138. The molecule has 3 rings (SSSR count). The maximum atomic E-state index is 10.5. The Kier molecular flexibility index (Phi) is 2.50.